The molecule has 0 radical (unpaired) electrons. The minimum atomic E-state index is -0.916. The summed E-state index contributed by atoms with van der Waals surface area (Å²) in [6.45, 7) is 1.90. The van der Waals surface area contributed by atoms with E-state index in [1.54, 1.807) is 6.07 Å². The molecule has 0 spiro atoms. The van der Waals surface area contributed by atoms with Gasteiger partial charge in [-0.3, -0.25) is 4.79 Å². The average Bonchev–Trinajstić information content (AvgIpc) is 2.80. The number of carboxylic acid groups (broad SMARTS) is 1. The fourth-order valence-corrected chi connectivity index (χ4v) is 3.17. The van der Waals surface area contributed by atoms with Gasteiger partial charge < -0.3 is 10.0 Å². The highest BCUT2D eigenvalue weighted by Crippen LogP contribution is 2.43. The van der Waals surface area contributed by atoms with E-state index >= 15 is 0 Å². The van der Waals surface area contributed by atoms with Crippen molar-refractivity contribution >= 4 is 28.9 Å². The summed E-state index contributed by atoms with van der Waals surface area (Å²) in [6.07, 6.45) is 1.92. The molecule has 0 aromatic heterocycles. The van der Waals surface area contributed by atoms with Gasteiger partial charge in [0.2, 0.25) is 0 Å². The largest absolute Gasteiger partial charge is 0.481 e. The molecule has 128 valence electrons. The molecule has 3 nitrogen and oxygen atoms in total. The van der Waals surface area contributed by atoms with Crippen LogP contribution in [0.3, 0.4) is 0 Å². The Morgan fingerprint density at radius 2 is 1.80 bits per heavy atom. The third-order valence-electron chi connectivity index (χ3n) is 4.50. The predicted octanol–water partition coefficient (Wildman–Crippen LogP) is 4.69. The van der Waals surface area contributed by atoms with E-state index in [0.29, 0.717) is 11.1 Å². The molecule has 3 rings (SSSR count). The number of fused-ring (bicyclic) bond motifs is 1. The van der Waals surface area contributed by atoms with E-state index in [1.807, 2.05) is 56.3 Å². The smallest absolute Gasteiger partial charge is 0.307 e. The molecule has 0 atom stereocenters. The average molecular weight is 337 g/mol. The van der Waals surface area contributed by atoms with Gasteiger partial charge in [0.15, 0.2) is 0 Å². The number of hydrogen-bond donors (Lipinski definition) is 1. The molecule has 0 fully saturated rings. The first-order valence-corrected chi connectivity index (χ1v) is 8.08. The molecule has 1 aliphatic carbocycles. The summed E-state index contributed by atoms with van der Waals surface area (Å²) in [5.74, 6) is -1.27. The van der Waals surface area contributed by atoms with Gasteiger partial charge in [-0.2, -0.15) is 0 Å². The molecule has 2 aromatic rings. The van der Waals surface area contributed by atoms with E-state index in [-0.39, 0.29) is 12.2 Å². The van der Waals surface area contributed by atoms with Gasteiger partial charge in [0.05, 0.1) is 6.42 Å². The van der Waals surface area contributed by atoms with Crippen molar-refractivity contribution in [1.82, 2.24) is 0 Å². The Balaban J connectivity index is 2.09. The second-order valence-electron chi connectivity index (χ2n) is 6.41. The van der Waals surface area contributed by atoms with E-state index in [1.165, 1.54) is 12.1 Å². The molecule has 0 saturated heterocycles. The SMILES string of the molecule is CC1=C(CC(=O)O)c2cc(F)ccc2/C1=C\c1ccc(N(C)C)cc1. The van der Waals surface area contributed by atoms with Crippen molar-refractivity contribution in [2.45, 2.75) is 13.3 Å². The van der Waals surface area contributed by atoms with Gasteiger partial charge >= 0.3 is 5.97 Å². The van der Waals surface area contributed by atoms with Crippen LogP contribution in [0.25, 0.3) is 17.2 Å². The van der Waals surface area contributed by atoms with Gasteiger partial charge in [0.25, 0.3) is 0 Å². The second kappa shape index (κ2) is 6.55. The fraction of sp³-hybridized carbons (Fsp3) is 0.190. The number of aliphatic carboxylic acids is 1. The van der Waals surface area contributed by atoms with Crippen LogP contribution < -0.4 is 4.90 Å². The number of benzene rings is 2. The first kappa shape index (κ1) is 17.0. The van der Waals surface area contributed by atoms with E-state index in [9.17, 15) is 14.3 Å². The monoisotopic (exact) mass is 337 g/mol. The molecule has 1 N–H and O–H groups in total. The third-order valence-corrected chi connectivity index (χ3v) is 4.50. The van der Waals surface area contributed by atoms with Gasteiger partial charge in [-0.1, -0.05) is 18.2 Å². The Morgan fingerprint density at radius 3 is 2.40 bits per heavy atom. The summed E-state index contributed by atoms with van der Waals surface area (Å²) in [5.41, 5.74) is 6.20. The maximum Gasteiger partial charge on any atom is 0.307 e. The minimum absolute atomic E-state index is 0.112. The maximum absolute atomic E-state index is 13.7. The summed E-state index contributed by atoms with van der Waals surface area (Å²) in [5, 5.41) is 9.19. The highest BCUT2D eigenvalue weighted by molar-refractivity contribution is 6.07. The third kappa shape index (κ3) is 3.33. The normalized spacial score (nSPS) is 14.8. The lowest BCUT2D eigenvalue weighted by Gasteiger charge is -2.12. The number of allylic oxidation sites excluding steroid dienone is 2. The molecule has 0 aliphatic heterocycles. The molecule has 4 heteroatoms. The van der Waals surface area contributed by atoms with Gasteiger partial charge in [-0.25, -0.2) is 4.39 Å². The van der Waals surface area contributed by atoms with E-state index < -0.39 is 5.97 Å². The lowest BCUT2D eigenvalue weighted by Crippen LogP contribution is -2.07. The van der Waals surface area contributed by atoms with Crippen LogP contribution in [-0.2, 0) is 4.79 Å². The topological polar surface area (TPSA) is 40.5 Å². The Bertz CT molecular complexity index is 893. The van der Waals surface area contributed by atoms with Crippen LogP contribution in [-0.4, -0.2) is 25.2 Å². The predicted molar refractivity (Wildman–Crippen MR) is 99.9 cm³/mol. The lowest BCUT2D eigenvalue weighted by molar-refractivity contribution is -0.135. The van der Waals surface area contributed by atoms with Gasteiger partial charge in [-0.05, 0) is 70.7 Å². The molecular weight excluding hydrogens is 317 g/mol. The molecular formula is C21H20FNO2. The summed E-state index contributed by atoms with van der Waals surface area (Å²) in [7, 11) is 3.97. The number of anilines is 1. The maximum atomic E-state index is 13.7. The zero-order chi connectivity index (χ0) is 18.1. The Hall–Kier alpha value is -2.88. The zero-order valence-electron chi connectivity index (χ0n) is 14.5. The minimum Gasteiger partial charge on any atom is -0.481 e. The first-order valence-electron chi connectivity index (χ1n) is 8.08. The molecule has 0 heterocycles. The van der Waals surface area contributed by atoms with Crippen molar-refractivity contribution in [2.75, 3.05) is 19.0 Å². The molecule has 2 aromatic carbocycles. The number of carbonyl (C=O) groups is 1. The molecule has 0 bridgehead atoms. The fourth-order valence-electron chi connectivity index (χ4n) is 3.17. The number of nitrogens with zero attached hydrogens (tertiary/aromatic N) is 1. The first-order chi connectivity index (χ1) is 11.9. The molecule has 0 amide bonds. The van der Waals surface area contributed by atoms with Gasteiger partial charge in [0, 0.05) is 19.8 Å². The van der Waals surface area contributed by atoms with Crippen molar-refractivity contribution < 1.29 is 14.3 Å². The van der Waals surface area contributed by atoms with Crippen LogP contribution in [0.15, 0.2) is 48.0 Å². The van der Waals surface area contributed by atoms with Crippen molar-refractivity contribution in [2.24, 2.45) is 0 Å². The van der Waals surface area contributed by atoms with Crippen LogP contribution in [0, 0.1) is 5.82 Å². The summed E-state index contributed by atoms with van der Waals surface area (Å²) in [4.78, 5) is 13.2. The van der Waals surface area contributed by atoms with E-state index in [2.05, 4.69) is 0 Å². The zero-order valence-corrected chi connectivity index (χ0v) is 14.5. The van der Waals surface area contributed by atoms with Crippen LogP contribution >= 0.6 is 0 Å². The Morgan fingerprint density at radius 1 is 1.12 bits per heavy atom. The number of halogens is 1. The summed E-state index contributed by atoms with van der Waals surface area (Å²) >= 11 is 0. The summed E-state index contributed by atoms with van der Waals surface area (Å²) < 4.78 is 13.7. The van der Waals surface area contributed by atoms with Crippen LogP contribution in [0.5, 0.6) is 0 Å². The quantitative estimate of drug-likeness (QED) is 0.879. The van der Waals surface area contributed by atoms with Crippen LogP contribution in [0.1, 0.15) is 30.0 Å². The Labute approximate surface area is 146 Å². The van der Waals surface area contributed by atoms with Gasteiger partial charge in [-0.15, -0.1) is 0 Å². The highest BCUT2D eigenvalue weighted by Gasteiger charge is 2.25. The standard InChI is InChI=1S/C21H20FNO2/c1-13-18(10-14-4-7-16(8-5-14)23(2)3)17-9-6-15(22)11-20(17)19(13)12-21(24)25/h4-11H,12H2,1-3H3,(H,24,25)/b18-10-. The van der Waals surface area contributed by atoms with Crippen molar-refractivity contribution in [3.05, 3.63) is 70.5 Å². The molecule has 1 aliphatic rings. The van der Waals surface area contributed by atoms with E-state index in [0.717, 1.165) is 28.0 Å². The van der Waals surface area contributed by atoms with Crippen molar-refractivity contribution in [3.63, 3.8) is 0 Å². The summed E-state index contributed by atoms with van der Waals surface area (Å²) in [6, 6.07) is 12.7. The second-order valence-corrected chi connectivity index (χ2v) is 6.41. The molecule has 0 saturated carbocycles. The number of carboxylic acids is 1. The molecule has 25 heavy (non-hydrogen) atoms. The van der Waals surface area contributed by atoms with Crippen LogP contribution in [0.2, 0.25) is 0 Å². The van der Waals surface area contributed by atoms with Crippen LogP contribution in [0.4, 0.5) is 10.1 Å². The van der Waals surface area contributed by atoms with E-state index in [4.69, 9.17) is 0 Å². The van der Waals surface area contributed by atoms with Crippen molar-refractivity contribution in [3.8, 4) is 0 Å². The molecule has 0 unspecified atom stereocenters. The number of rotatable bonds is 4. The Kier molecular flexibility index (Phi) is 4.45. The lowest BCUT2D eigenvalue weighted by atomic mass is 10.0. The van der Waals surface area contributed by atoms with Gasteiger partial charge in [0.1, 0.15) is 5.82 Å². The van der Waals surface area contributed by atoms with Crippen molar-refractivity contribution in [1.29, 1.82) is 0 Å². The highest BCUT2D eigenvalue weighted by atomic mass is 19.1. The number of hydrogen-bond acceptors (Lipinski definition) is 2.